The highest BCUT2D eigenvalue weighted by atomic mass is 16.5. The van der Waals surface area contributed by atoms with Crippen LogP contribution in [0.5, 0.6) is 0 Å². The number of anilines is 1. The van der Waals surface area contributed by atoms with Crippen LogP contribution in [0.15, 0.2) is 29.3 Å². The number of likely N-dealkylation sites (tertiary alicyclic amines) is 1. The van der Waals surface area contributed by atoms with E-state index in [2.05, 4.69) is 42.9 Å². The van der Waals surface area contributed by atoms with Gasteiger partial charge in [-0.25, -0.2) is 0 Å². The predicted octanol–water partition coefficient (Wildman–Crippen LogP) is 3.32. The Kier molecular flexibility index (Phi) is 6.85. The summed E-state index contributed by atoms with van der Waals surface area (Å²) in [6.07, 6.45) is 1.32. The number of methoxy groups -OCH3 is 1. The Balaban J connectivity index is 2.00. The maximum atomic E-state index is 6.14. The number of ether oxygens (including phenoxy) is 1. The average molecular weight is 347 g/mol. The largest absolute Gasteiger partial charge is 0.380 e. The first-order valence-electron chi connectivity index (χ1n) is 9.20. The molecule has 0 radical (unpaired) electrons. The van der Waals surface area contributed by atoms with E-state index in [0.29, 0.717) is 19.1 Å². The van der Waals surface area contributed by atoms with Gasteiger partial charge in [-0.15, -0.1) is 0 Å². The Labute approximate surface area is 152 Å². The van der Waals surface area contributed by atoms with Crippen LogP contribution in [0.2, 0.25) is 0 Å². The van der Waals surface area contributed by atoms with Gasteiger partial charge in [0.25, 0.3) is 0 Å². The fourth-order valence-electron chi connectivity index (χ4n) is 3.64. The zero-order chi connectivity index (χ0) is 18.4. The Bertz CT molecular complexity index is 575. The summed E-state index contributed by atoms with van der Waals surface area (Å²) < 4.78 is 5.24. The van der Waals surface area contributed by atoms with Gasteiger partial charge < -0.3 is 15.8 Å². The first-order valence-corrected chi connectivity index (χ1v) is 9.20. The molecule has 25 heavy (non-hydrogen) atoms. The third-order valence-electron chi connectivity index (χ3n) is 4.94. The third kappa shape index (κ3) is 5.72. The van der Waals surface area contributed by atoms with Crippen molar-refractivity contribution in [2.45, 2.75) is 46.3 Å². The van der Waals surface area contributed by atoms with E-state index in [-0.39, 0.29) is 5.54 Å². The van der Waals surface area contributed by atoms with Gasteiger partial charge in [0.1, 0.15) is 0 Å². The number of para-hydroxylation sites is 1. The fraction of sp³-hybridized carbons (Fsp3) is 0.650. The number of hydrogen-bond acceptors (Lipinski definition) is 3. The van der Waals surface area contributed by atoms with Crippen LogP contribution in [0.3, 0.4) is 0 Å². The van der Waals surface area contributed by atoms with Crippen molar-refractivity contribution in [3.8, 4) is 0 Å². The van der Waals surface area contributed by atoms with E-state index in [9.17, 15) is 0 Å². The van der Waals surface area contributed by atoms with Crippen molar-refractivity contribution < 1.29 is 4.74 Å². The van der Waals surface area contributed by atoms with Gasteiger partial charge in [-0.05, 0) is 38.2 Å². The minimum absolute atomic E-state index is 0.00128. The lowest BCUT2D eigenvalue weighted by molar-refractivity contribution is 0.0513. The maximum Gasteiger partial charge on any atom is 0.193 e. The summed E-state index contributed by atoms with van der Waals surface area (Å²) in [6.45, 7) is 12.7. The normalized spacial score (nSPS) is 22.8. The van der Waals surface area contributed by atoms with Gasteiger partial charge in [0.05, 0.1) is 13.2 Å². The van der Waals surface area contributed by atoms with Crippen LogP contribution < -0.4 is 11.1 Å². The molecule has 0 spiro atoms. The molecule has 2 unspecified atom stereocenters. The van der Waals surface area contributed by atoms with Crippen LogP contribution in [0, 0.1) is 11.8 Å². The van der Waals surface area contributed by atoms with Crippen molar-refractivity contribution in [3.05, 3.63) is 29.8 Å². The summed E-state index contributed by atoms with van der Waals surface area (Å²) in [4.78, 5) is 7.18. The van der Waals surface area contributed by atoms with Crippen molar-refractivity contribution in [3.63, 3.8) is 0 Å². The van der Waals surface area contributed by atoms with Crippen molar-refractivity contribution in [1.29, 1.82) is 0 Å². The highest BCUT2D eigenvalue weighted by Gasteiger charge is 2.32. The molecule has 0 aromatic heterocycles. The number of nitrogens with zero attached hydrogens (tertiary/aromatic N) is 2. The Morgan fingerprint density at radius 2 is 1.92 bits per heavy atom. The van der Waals surface area contributed by atoms with Gasteiger partial charge in [0, 0.05) is 37.0 Å². The van der Waals surface area contributed by atoms with E-state index in [4.69, 9.17) is 10.5 Å². The first kappa shape index (κ1) is 19.7. The summed E-state index contributed by atoms with van der Waals surface area (Å²) in [5.74, 6) is 1.93. The second-order valence-corrected chi connectivity index (χ2v) is 8.08. The van der Waals surface area contributed by atoms with Crippen LogP contribution in [-0.2, 0) is 11.3 Å². The van der Waals surface area contributed by atoms with E-state index in [1.807, 2.05) is 24.3 Å². The number of nitrogens with two attached hydrogens (primary N) is 1. The SMILES string of the molecule is COCc1ccccc1NC(N)=NCC(C)(C)N1CC(C)CC(C)C1. The number of nitrogens with one attached hydrogen (secondary N) is 1. The summed E-state index contributed by atoms with van der Waals surface area (Å²) in [5, 5.41) is 3.22. The minimum atomic E-state index is 0.00128. The number of hydrogen-bond donors (Lipinski definition) is 2. The second-order valence-electron chi connectivity index (χ2n) is 8.08. The summed E-state index contributed by atoms with van der Waals surface area (Å²) in [7, 11) is 1.69. The molecule has 1 aliphatic heterocycles. The van der Waals surface area contributed by atoms with Gasteiger partial charge >= 0.3 is 0 Å². The second kappa shape index (κ2) is 8.68. The van der Waals surface area contributed by atoms with E-state index < -0.39 is 0 Å². The standard InChI is InChI=1S/C20H34N4O/c1-15-10-16(2)12-24(11-15)20(3,4)14-22-19(21)23-18-9-7-6-8-17(18)13-25-5/h6-9,15-16H,10-14H2,1-5H3,(H3,21,22,23). The molecule has 3 N–H and O–H groups in total. The van der Waals surface area contributed by atoms with Crippen LogP contribution >= 0.6 is 0 Å². The molecule has 5 heteroatoms. The molecule has 1 heterocycles. The molecule has 2 atom stereocenters. The third-order valence-corrected chi connectivity index (χ3v) is 4.94. The fourth-order valence-corrected chi connectivity index (χ4v) is 3.64. The Morgan fingerprint density at radius 3 is 2.56 bits per heavy atom. The van der Waals surface area contributed by atoms with Gasteiger partial charge in [-0.2, -0.15) is 0 Å². The average Bonchev–Trinajstić information content (AvgIpc) is 2.54. The minimum Gasteiger partial charge on any atom is -0.380 e. The van der Waals surface area contributed by atoms with Gasteiger partial charge in [-0.3, -0.25) is 9.89 Å². The molecule has 1 aliphatic rings. The van der Waals surface area contributed by atoms with Crippen LogP contribution in [0.25, 0.3) is 0 Å². The van der Waals surface area contributed by atoms with Gasteiger partial charge in [-0.1, -0.05) is 32.0 Å². The van der Waals surface area contributed by atoms with Crippen LogP contribution in [0.1, 0.15) is 39.7 Å². The highest BCUT2D eigenvalue weighted by Crippen LogP contribution is 2.27. The monoisotopic (exact) mass is 346 g/mol. The van der Waals surface area contributed by atoms with Crippen molar-refractivity contribution in [2.24, 2.45) is 22.6 Å². The lowest BCUT2D eigenvalue weighted by atomic mass is 9.88. The van der Waals surface area contributed by atoms with Crippen LogP contribution in [0.4, 0.5) is 5.69 Å². The summed E-state index contributed by atoms with van der Waals surface area (Å²) in [5.41, 5.74) is 8.16. The van der Waals surface area contributed by atoms with E-state index in [1.165, 1.54) is 6.42 Å². The zero-order valence-electron chi connectivity index (χ0n) is 16.4. The van der Waals surface area contributed by atoms with E-state index in [1.54, 1.807) is 7.11 Å². The van der Waals surface area contributed by atoms with Crippen LogP contribution in [-0.4, -0.2) is 43.1 Å². The summed E-state index contributed by atoms with van der Waals surface area (Å²) in [6, 6.07) is 8.00. The Hall–Kier alpha value is -1.59. The number of piperidine rings is 1. The van der Waals surface area contributed by atoms with Crippen molar-refractivity contribution >= 4 is 11.6 Å². The molecule has 0 amide bonds. The molecule has 1 fully saturated rings. The molecule has 5 nitrogen and oxygen atoms in total. The molecule has 1 aromatic rings. The lowest BCUT2D eigenvalue weighted by Crippen LogP contribution is -2.52. The number of benzene rings is 1. The molecule has 0 aliphatic carbocycles. The van der Waals surface area contributed by atoms with Gasteiger partial charge in [0.2, 0.25) is 0 Å². The molecular weight excluding hydrogens is 312 g/mol. The van der Waals surface area contributed by atoms with Gasteiger partial charge in [0.15, 0.2) is 5.96 Å². The first-order chi connectivity index (χ1) is 11.8. The van der Waals surface area contributed by atoms with E-state index in [0.717, 1.165) is 36.2 Å². The highest BCUT2D eigenvalue weighted by molar-refractivity contribution is 5.93. The van der Waals surface area contributed by atoms with Crippen molar-refractivity contribution in [1.82, 2.24) is 4.90 Å². The molecule has 2 rings (SSSR count). The topological polar surface area (TPSA) is 62.9 Å². The molecule has 140 valence electrons. The van der Waals surface area contributed by atoms with Crippen molar-refractivity contribution in [2.75, 3.05) is 32.1 Å². The quantitative estimate of drug-likeness (QED) is 0.613. The zero-order valence-corrected chi connectivity index (χ0v) is 16.4. The Morgan fingerprint density at radius 1 is 1.28 bits per heavy atom. The smallest absolute Gasteiger partial charge is 0.193 e. The molecule has 1 saturated heterocycles. The molecule has 0 saturated carbocycles. The number of rotatable bonds is 6. The summed E-state index contributed by atoms with van der Waals surface area (Å²) >= 11 is 0. The molecule has 0 bridgehead atoms. The molecular formula is C20H34N4O. The maximum absolute atomic E-state index is 6.14. The number of guanidine groups is 1. The molecule has 1 aromatic carbocycles. The van der Waals surface area contributed by atoms with E-state index >= 15 is 0 Å². The predicted molar refractivity (Wildman–Crippen MR) is 106 cm³/mol. The number of aliphatic imine (C=N–C) groups is 1. The lowest BCUT2D eigenvalue weighted by Gasteiger charge is -2.44.